The lowest BCUT2D eigenvalue weighted by atomic mass is 9.76. The van der Waals surface area contributed by atoms with E-state index in [-0.39, 0.29) is 16.6 Å². The van der Waals surface area contributed by atoms with E-state index in [1.807, 2.05) is 0 Å². The number of hydrogen-bond acceptors (Lipinski definition) is 2. The van der Waals surface area contributed by atoms with Crippen LogP contribution in [0.4, 0.5) is 10.1 Å². The van der Waals surface area contributed by atoms with Gasteiger partial charge in [0.2, 0.25) is 5.91 Å². The lowest BCUT2D eigenvalue weighted by Crippen LogP contribution is -2.48. The Labute approximate surface area is 123 Å². The highest BCUT2D eigenvalue weighted by molar-refractivity contribution is 6.31. The predicted octanol–water partition coefficient (Wildman–Crippen LogP) is 3.59. The topological polar surface area (TPSA) is 41.1 Å². The minimum absolute atomic E-state index is 0.0223. The van der Waals surface area contributed by atoms with E-state index in [4.69, 9.17) is 11.6 Å². The molecule has 110 valence electrons. The molecular formula is C15H20ClFN2O. The van der Waals surface area contributed by atoms with Gasteiger partial charge in [-0.25, -0.2) is 4.39 Å². The summed E-state index contributed by atoms with van der Waals surface area (Å²) in [6, 6.07) is 4.64. The molecule has 0 bridgehead atoms. The quantitative estimate of drug-likeness (QED) is 0.892. The molecule has 0 saturated carbocycles. The van der Waals surface area contributed by atoms with E-state index >= 15 is 0 Å². The van der Waals surface area contributed by atoms with Gasteiger partial charge in [-0.2, -0.15) is 0 Å². The summed E-state index contributed by atoms with van der Waals surface area (Å²) in [6.07, 6.45) is 3.52. The summed E-state index contributed by atoms with van der Waals surface area (Å²) >= 11 is 5.74. The largest absolute Gasteiger partial charge is 0.323 e. The van der Waals surface area contributed by atoms with E-state index in [9.17, 15) is 9.18 Å². The highest BCUT2D eigenvalue weighted by atomic mass is 35.5. The van der Waals surface area contributed by atoms with Crippen LogP contribution in [0, 0.1) is 11.2 Å². The van der Waals surface area contributed by atoms with Crippen molar-refractivity contribution in [2.45, 2.75) is 32.6 Å². The number of anilines is 1. The van der Waals surface area contributed by atoms with Crippen molar-refractivity contribution in [1.29, 1.82) is 0 Å². The average Bonchev–Trinajstić information content (AvgIpc) is 2.45. The van der Waals surface area contributed by atoms with Crippen molar-refractivity contribution in [3.8, 4) is 0 Å². The van der Waals surface area contributed by atoms with E-state index < -0.39 is 11.2 Å². The van der Waals surface area contributed by atoms with Crippen LogP contribution in [0.15, 0.2) is 18.2 Å². The second kappa shape index (κ2) is 6.55. The molecule has 1 aliphatic heterocycles. The Morgan fingerprint density at radius 3 is 3.00 bits per heavy atom. The van der Waals surface area contributed by atoms with Gasteiger partial charge in [-0.05, 0) is 37.9 Å². The number of amides is 1. The van der Waals surface area contributed by atoms with Gasteiger partial charge in [-0.3, -0.25) is 4.79 Å². The fourth-order valence-corrected chi connectivity index (χ4v) is 3.00. The van der Waals surface area contributed by atoms with E-state index in [1.54, 1.807) is 6.07 Å². The van der Waals surface area contributed by atoms with Gasteiger partial charge in [0.05, 0.1) is 16.1 Å². The van der Waals surface area contributed by atoms with Crippen LogP contribution >= 0.6 is 11.6 Å². The first kappa shape index (κ1) is 15.3. The fourth-order valence-electron chi connectivity index (χ4n) is 2.82. The van der Waals surface area contributed by atoms with Crippen LogP contribution in [0.3, 0.4) is 0 Å². The Morgan fingerprint density at radius 1 is 1.55 bits per heavy atom. The maximum absolute atomic E-state index is 13.9. The number of benzene rings is 1. The van der Waals surface area contributed by atoms with Crippen molar-refractivity contribution >= 4 is 23.2 Å². The van der Waals surface area contributed by atoms with Gasteiger partial charge in [-0.1, -0.05) is 31.0 Å². The third-order valence-electron chi connectivity index (χ3n) is 3.88. The molecule has 0 aliphatic carbocycles. The van der Waals surface area contributed by atoms with Crippen LogP contribution in [0.25, 0.3) is 0 Å². The summed E-state index contributed by atoms with van der Waals surface area (Å²) in [5, 5.41) is 6.00. The molecule has 1 amide bonds. The molecule has 1 unspecified atom stereocenters. The smallest absolute Gasteiger partial charge is 0.231 e. The molecule has 1 heterocycles. The summed E-state index contributed by atoms with van der Waals surface area (Å²) in [7, 11) is 0. The molecule has 20 heavy (non-hydrogen) atoms. The molecule has 5 heteroatoms. The Balaban J connectivity index is 2.18. The summed E-state index contributed by atoms with van der Waals surface area (Å²) in [5.74, 6) is -0.689. The van der Waals surface area contributed by atoms with E-state index in [0.717, 1.165) is 32.2 Å². The maximum Gasteiger partial charge on any atom is 0.231 e. The van der Waals surface area contributed by atoms with Gasteiger partial charge in [0.15, 0.2) is 5.82 Å². The molecule has 1 aliphatic rings. The molecule has 2 N–H and O–H groups in total. The first-order valence-electron chi connectivity index (χ1n) is 7.05. The van der Waals surface area contributed by atoms with Gasteiger partial charge in [0.25, 0.3) is 0 Å². The summed E-state index contributed by atoms with van der Waals surface area (Å²) in [6.45, 7) is 3.64. The van der Waals surface area contributed by atoms with Gasteiger partial charge < -0.3 is 10.6 Å². The minimum atomic E-state index is -0.571. The van der Waals surface area contributed by atoms with Gasteiger partial charge in [-0.15, -0.1) is 0 Å². The number of halogens is 2. The molecular weight excluding hydrogens is 279 g/mol. The van der Waals surface area contributed by atoms with Crippen LogP contribution in [0.5, 0.6) is 0 Å². The third kappa shape index (κ3) is 3.13. The normalized spacial score (nSPS) is 22.6. The monoisotopic (exact) mass is 298 g/mol. The number of rotatable bonds is 4. The highest BCUT2D eigenvalue weighted by Gasteiger charge is 2.38. The number of piperidine rings is 1. The number of nitrogens with one attached hydrogen (secondary N) is 2. The van der Waals surface area contributed by atoms with Crippen LogP contribution < -0.4 is 10.6 Å². The van der Waals surface area contributed by atoms with Gasteiger partial charge >= 0.3 is 0 Å². The first-order valence-corrected chi connectivity index (χ1v) is 7.43. The van der Waals surface area contributed by atoms with Crippen molar-refractivity contribution in [2.24, 2.45) is 5.41 Å². The molecule has 0 aromatic heterocycles. The zero-order valence-corrected chi connectivity index (χ0v) is 12.4. The minimum Gasteiger partial charge on any atom is -0.323 e. The van der Waals surface area contributed by atoms with Crippen molar-refractivity contribution < 1.29 is 9.18 Å². The molecule has 3 nitrogen and oxygen atoms in total. The summed E-state index contributed by atoms with van der Waals surface area (Å²) in [4.78, 5) is 12.6. The Bertz CT molecular complexity index is 481. The van der Waals surface area contributed by atoms with Gasteiger partial charge in [0.1, 0.15) is 0 Å². The Kier molecular flexibility index (Phi) is 5.00. The number of hydrogen-bond donors (Lipinski definition) is 2. The van der Waals surface area contributed by atoms with Crippen molar-refractivity contribution in [3.63, 3.8) is 0 Å². The number of carbonyl (C=O) groups is 1. The standard InChI is InChI=1S/C15H20ClFN2O/c1-2-7-15(8-4-9-18-10-15)14(20)19-12-6-3-5-11(16)13(12)17/h3,5-6,18H,2,4,7-10H2,1H3,(H,19,20). The molecule has 1 fully saturated rings. The second-order valence-corrected chi connectivity index (χ2v) is 5.77. The molecule has 1 atom stereocenters. The Morgan fingerprint density at radius 2 is 2.35 bits per heavy atom. The summed E-state index contributed by atoms with van der Waals surface area (Å²) < 4.78 is 13.9. The van der Waals surface area contributed by atoms with E-state index in [2.05, 4.69) is 17.6 Å². The van der Waals surface area contributed by atoms with Gasteiger partial charge in [0, 0.05) is 6.54 Å². The lowest BCUT2D eigenvalue weighted by molar-refractivity contribution is -0.127. The van der Waals surface area contributed by atoms with Crippen LogP contribution in [-0.4, -0.2) is 19.0 Å². The Hall–Kier alpha value is -1.13. The molecule has 1 aromatic rings. The highest BCUT2D eigenvalue weighted by Crippen LogP contribution is 2.34. The molecule has 0 radical (unpaired) electrons. The van der Waals surface area contributed by atoms with Crippen molar-refractivity contribution in [3.05, 3.63) is 29.0 Å². The zero-order chi connectivity index (χ0) is 14.6. The van der Waals surface area contributed by atoms with Crippen LogP contribution in [-0.2, 0) is 4.79 Å². The average molecular weight is 299 g/mol. The maximum atomic E-state index is 13.9. The molecule has 0 spiro atoms. The number of carbonyl (C=O) groups excluding carboxylic acids is 1. The van der Waals surface area contributed by atoms with Crippen LogP contribution in [0.1, 0.15) is 32.6 Å². The molecule has 2 rings (SSSR count). The third-order valence-corrected chi connectivity index (χ3v) is 4.17. The molecule has 1 saturated heterocycles. The van der Waals surface area contributed by atoms with E-state index in [1.165, 1.54) is 12.1 Å². The van der Waals surface area contributed by atoms with E-state index in [0.29, 0.717) is 6.54 Å². The first-order chi connectivity index (χ1) is 9.59. The SMILES string of the molecule is CCCC1(C(=O)Nc2cccc(Cl)c2F)CCCNC1. The van der Waals surface area contributed by atoms with Crippen LogP contribution in [0.2, 0.25) is 5.02 Å². The summed E-state index contributed by atoms with van der Waals surface area (Å²) in [5.41, 5.74) is -0.287. The fraction of sp³-hybridized carbons (Fsp3) is 0.533. The van der Waals surface area contributed by atoms with Crippen molar-refractivity contribution in [1.82, 2.24) is 5.32 Å². The lowest BCUT2D eigenvalue weighted by Gasteiger charge is -2.36. The zero-order valence-electron chi connectivity index (χ0n) is 11.6. The second-order valence-electron chi connectivity index (χ2n) is 5.37. The molecule has 1 aromatic carbocycles. The predicted molar refractivity (Wildman–Crippen MR) is 79.5 cm³/mol. The van der Waals surface area contributed by atoms with Crippen molar-refractivity contribution in [2.75, 3.05) is 18.4 Å².